The van der Waals surface area contributed by atoms with Crippen molar-refractivity contribution >= 4 is 5.82 Å². The van der Waals surface area contributed by atoms with Crippen molar-refractivity contribution in [2.24, 2.45) is 7.05 Å². The smallest absolute Gasteiger partial charge is 0.134 e. The number of anilines is 1. The van der Waals surface area contributed by atoms with Crippen LogP contribution in [-0.2, 0) is 7.05 Å². The number of rotatable bonds is 5. The Kier molecular flexibility index (Phi) is 3.38. The summed E-state index contributed by atoms with van der Waals surface area (Å²) in [6.07, 6.45) is 5.22. The van der Waals surface area contributed by atoms with Crippen molar-refractivity contribution in [1.82, 2.24) is 25.0 Å². The van der Waals surface area contributed by atoms with E-state index < -0.39 is 0 Å². The first kappa shape index (κ1) is 13.0. The van der Waals surface area contributed by atoms with Crippen LogP contribution in [0.2, 0.25) is 0 Å². The number of aryl methyl sites for hydroxylation is 1. The van der Waals surface area contributed by atoms with Gasteiger partial charge < -0.3 is 5.32 Å². The number of hydrogen-bond acceptors (Lipinski definition) is 5. The summed E-state index contributed by atoms with van der Waals surface area (Å²) in [4.78, 5) is 9.45. The third-order valence-electron chi connectivity index (χ3n) is 3.61. The van der Waals surface area contributed by atoms with Gasteiger partial charge in [-0.2, -0.15) is 0 Å². The zero-order valence-corrected chi connectivity index (χ0v) is 12.2. The zero-order chi connectivity index (χ0) is 14.1. The minimum atomic E-state index is 0.526. The molecule has 1 saturated carbocycles. The van der Waals surface area contributed by atoms with Gasteiger partial charge in [0.05, 0.1) is 11.9 Å². The summed E-state index contributed by atoms with van der Waals surface area (Å²) in [5, 5.41) is 11.4. The molecule has 2 aromatic heterocycles. The number of nitrogens with zero attached hydrogens (tertiary/aromatic N) is 5. The SMILES string of the molecule is CCCNc1nc(C2CC2)nc(-c2cnnn2C)c1C. The third-order valence-corrected chi connectivity index (χ3v) is 3.61. The normalized spacial score (nSPS) is 14.6. The molecule has 6 heteroatoms. The van der Waals surface area contributed by atoms with Crippen molar-refractivity contribution in [3.8, 4) is 11.4 Å². The molecule has 0 unspecified atom stereocenters. The molecule has 3 rings (SSSR count). The number of aromatic nitrogens is 5. The standard InChI is InChI=1S/C14H20N6/c1-4-7-15-13-9(2)12(11-8-16-19-20(11)3)17-14(18-13)10-5-6-10/h8,10H,4-7H2,1-3H3,(H,15,17,18). The van der Waals surface area contributed by atoms with Gasteiger partial charge in [0.25, 0.3) is 0 Å². The third kappa shape index (κ3) is 2.37. The second-order valence-corrected chi connectivity index (χ2v) is 5.35. The highest BCUT2D eigenvalue weighted by atomic mass is 15.4. The lowest BCUT2D eigenvalue weighted by Crippen LogP contribution is -2.09. The van der Waals surface area contributed by atoms with E-state index in [0.29, 0.717) is 5.92 Å². The van der Waals surface area contributed by atoms with Crippen molar-refractivity contribution in [2.75, 3.05) is 11.9 Å². The molecule has 0 bridgehead atoms. The molecule has 106 valence electrons. The van der Waals surface area contributed by atoms with Gasteiger partial charge in [-0.25, -0.2) is 14.6 Å². The Morgan fingerprint density at radius 1 is 1.35 bits per heavy atom. The van der Waals surface area contributed by atoms with E-state index in [1.54, 1.807) is 10.9 Å². The van der Waals surface area contributed by atoms with E-state index in [2.05, 4.69) is 29.5 Å². The molecule has 1 aliphatic rings. The molecule has 0 amide bonds. The van der Waals surface area contributed by atoms with Gasteiger partial charge in [-0.3, -0.25) is 0 Å². The Labute approximate surface area is 118 Å². The van der Waals surface area contributed by atoms with Gasteiger partial charge in [0.1, 0.15) is 17.3 Å². The van der Waals surface area contributed by atoms with Gasteiger partial charge in [-0.15, -0.1) is 5.10 Å². The lowest BCUT2D eigenvalue weighted by atomic mass is 10.1. The molecule has 1 N–H and O–H groups in total. The maximum absolute atomic E-state index is 4.75. The van der Waals surface area contributed by atoms with Crippen molar-refractivity contribution < 1.29 is 0 Å². The lowest BCUT2D eigenvalue weighted by Gasteiger charge is -2.13. The first-order valence-corrected chi connectivity index (χ1v) is 7.18. The second-order valence-electron chi connectivity index (χ2n) is 5.35. The molecule has 2 heterocycles. The highest BCUT2D eigenvalue weighted by molar-refractivity contribution is 5.65. The van der Waals surface area contributed by atoms with Crippen LogP contribution >= 0.6 is 0 Å². The molecule has 0 aliphatic heterocycles. The van der Waals surface area contributed by atoms with Crippen molar-refractivity contribution in [3.05, 3.63) is 17.6 Å². The highest BCUT2D eigenvalue weighted by Crippen LogP contribution is 2.40. The molecular formula is C14H20N6. The molecule has 1 aliphatic carbocycles. The van der Waals surface area contributed by atoms with Crippen molar-refractivity contribution in [1.29, 1.82) is 0 Å². The molecule has 6 nitrogen and oxygen atoms in total. The average molecular weight is 272 g/mol. The summed E-state index contributed by atoms with van der Waals surface area (Å²) in [6.45, 7) is 5.12. The van der Waals surface area contributed by atoms with Crippen LogP contribution in [0, 0.1) is 6.92 Å². The van der Waals surface area contributed by atoms with Gasteiger partial charge in [0.15, 0.2) is 0 Å². The monoisotopic (exact) mass is 272 g/mol. The maximum Gasteiger partial charge on any atom is 0.134 e. The minimum Gasteiger partial charge on any atom is -0.370 e. The predicted octanol–water partition coefficient (Wildman–Crippen LogP) is 2.28. The maximum atomic E-state index is 4.75. The lowest BCUT2D eigenvalue weighted by molar-refractivity contribution is 0.717. The van der Waals surface area contributed by atoms with Crippen molar-refractivity contribution in [2.45, 2.75) is 39.0 Å². The minimum absolute atomic E-state index is 0.526. The van der Waals surface area contributed by atoms with E-state index in [9.17, 15) is 0 Å². The molecular weight excluding hydrogens is 252 g/mol. The first-order valence-electron chi connectivity index (χ1n) is 7.18. The van der Waals surface area contributed by atoms with Crippen LogP contribution in [0.1, 0.15) is 43.5 Å². The molecule has 2 aromatic rings. The van der Waals surface area contributed by atoms with Crippen LogP contribution < -0.4 is 5.32 Å². The van der Waals surface area contributed by atoms with Gasteiger partial charge >= 0.3 is 0 Å². The number of hydrogen-bond donors (Lipinski definition) is 1. The van der Waals surface area contributed by atoms with E-state index >= 15 is 0 Å². The van der Waals surface area contributed by atoms with Crippen LogP contribution in [0.5, 0.6) is 0 Å². The summed E-state index contributed by atoms with van der Waals surface area (Å²) in [6, 6.07) is 0. The summed E-state index contributed by atoms with van der Waals surface area (Å²) in [5.74, 6) is 2.42. The predicted molar refractivity (Wildman–Crippen MR) is 77.5 cm³/mol. The van der Waals surface area contributed by atoms with Gasteiger partial charge in [-0.05, 0) is 26.2 Å². The average Bonchev–Trinajstić information content (AvgIpc) is 3.20. The van der Waals surface area contributed by atoms with Crippen LogP contribution in [0.15, 0.2) is 6.20 Å². The summed E-state index contributed by atoms with van der Waals surface area (Å²) < 4.78 is 1.76. The quantitative estimate of drug-likeness (QED) is 0.904. The van der Waals surface area contributed by atoms with E-state index in [0.717, 1.165) is 41.6 Å². The molecule has 0 radical (unpaired) electrons. The van der Waals surface area contributed by atoms with E-state index in [1.165, 1.54) is 12.8 Å². The van der Waals surface area contributed by atoms with E-state index in [-0.39, 0.29) is 0 Å². The first-order chi connectivity index (χ1) is 9.70. The fraction of sp³-hybridized carbons (Fsp3) is 0.571. The summed E-state index contributed by atoms with van der Waals surface area (Å²) >= 11 is 0. The van der Waals surface area contributed by atoms with Gasteiger partial charge in [-0.1, -0.05) is 12.1 Å². The molecule has 20 heavy (non-hydrogen) atoms. The van der Waals surface area contributed by atoms with Crippen molar-refractivity contribution in [3.63, 3.8) is 0 Å². The Balaban J connectivity index is 2.07. The molecule has 0 saturated heterocycles. The Morgan fingerprint density at radius 3 is 2.75 bits per heavy atom. The van der Waals surface area contributed by atoms with Crippen LogP contribution in [0.25, 0.3) is 11.4 Å². The van der Waals surface area contributed by atoms with Crippen LogP contribution in [0.3, 0.4) is 0 Å². The summed E-state index contributed by atoms with van der Waals surface area (Å²) in [7, 11) is 1.89. The molecule has 0 atom stereocenters. The topological polar surface area (TPSA) is 68.5 Å². The van der Waals surface area contributed by atoms with E-state index in [1.807, 2.05) is 7.05 Å². The fourth-order valence-corrected chi connectivity index (χ4v) is 2.23. The highest BCUT2D eigenvalue weighted by Gasteiger charge is 2.28. The van der Waals surface area contributed by atoms with E-state index in [4.69, 9.17) is 9.97 Å². The van der Waals surface area contributed by atoms with Gasteiger partial charge in [0.2, 0.25) is 0 Å². The Hall–Kier alpha value is -1.98. The molecule has 1 fully saturated rings. The zero-order valence-electron chi connectivity index (χ0n) is 12.2. The second kappa shape index (κ2) is 5.19. The largest absolute Gasteiger partial charge is 0.370 e. The van der Waals surface area contributed by atoms with Gasteiger partial charge in [0, 0.05) is 25.1 Å². The number of nitrogens with one attached hydrogen (secondary N) is 1. The molecule has 0 aromatic carbocycles. The molecule has 0 spiro atoms. The fourth-order valence-electron chi connectivity index (χ4n) is 2.23. The Bertz CT molecular complexity index is 614. The van der Waals surface area contributed by atoms with Crippen LogP contribution in [0.4, 0.5) is 5.82 Å². The Morgan fingerprint density at radius 2 is 2.15 bits per heavy atom. The summed E-state index contributed by atoms with van der Waals surface area (Å²) in [5.41, 5.74) is 2.94. The van der Waals surface area contributed by atoms with Crippen LogP contribution in [-0.4, -0.2) is 31.5 Å².